The summed E-state index contributed by atoms with van der Waals surface area (Å²) in [5, 5.41) is 5.59. The molecule has 0 aliphatic heterocycles. The summed E-state index contributed by atoms with van der Waals surface area (Å²) in [6.45, 7) is -0.960. The summed E-state index contributed by atoms with van der Waals surface area (Å²) in [4.78, 5) is 0. The summed E-state index contributed by atoms with van der Waals surface area (Å²) in [7, 11) is -12.4. The van der Waals surface area contributed by atoms with E-state index in [9.17, 15) is 69.5 Å². The van der Waals surface area contributed by atoms with E-state index in [1.807, 2.05) is 0 Å². The Morgan fingerprint density at radius 2 is 0.727 bits per heavy atom. The van der Waals surface area contributed by atoms with Gasteiger partial charge in [0.2, 0.25) is 0 Å². The van der Waals surface area contributed by atoms with E-state index in [2.05, 4.69) is 0 Å². The molecule has 0 aromatic heterocycles. The summed E-state index contributed by atoms with van der Waals surface area (Å²) in [5.41, 5.74) is 0. The number of aliphatic hydroxyl groups excluding tert-OH is 2. The second kappa shape index (κ2) is 11.1. The van der Waals surface area contributed by atoms with Gasteiger partial charge in [0.1, 0.15) is 0 Å². The van der Waals surface area contributed by atoms with Crippen molar-refractivity contribution in [2.75, 3.05) is 13.2 Å². The highest BCUT2D eigenvalue weighted by Gasteiger charge is 2.75. The van der Waals surface area contributed by atoms with Crippen LogP contribution in [0.15, 0.2) is 0 Å². The second-order valence-corrected chi connectivity index (χ2v) is 9.16. The third-order valence-electron chi connectivity index (χ3n) is 3.12. The van der Waals surface area contributed by atoms with Crippen LogP contribution in [0.5, 0.6) is 0 Å². The topological polar surface area (TPSA) is 149 Å². The number of rotatable bonds is 6. The van der Waals surface area contributed by atoms with E-state index in [1.165, 1.54) is 0 Å². The standard InChI is InChI=1S/2C4H4F6O3S.C3H8O2/c2*1-2(5,14(11,12)13)3(6,7)4(8,9)10;4-2-1-3-5/h2*1H3,(H,11,12,13);4-5H,1-3H2. The highest BCUT2D eigenvalue weighted by Crippen LogP contribution is 2.48. The van der Waals surface area contributed by atoms with Gasteiger partial charge in [0.05, 0.1) is 0 Å². The molecule has 0 spiro atoms. The minimum atomic E-state index is -6.41. The highest BCUT2D eigenvalue weighted by molar-refractivity contribution is 7.87. The smallest absolute Gasteiger partial charge is 0.396 e. The fraction of sp³-hybridized carbons (Fsp3) is 1.00. The molecule has 204 valence electrons. The van der Waals surface area contributed by atoms with E-state index in [4.69, 9.17) is 19.3 Å². The van der Waals surface area contributed by atoms with Gasteiger partial charge in [-0.1, -0.05) is 0 Å². The van der Waals surface area contributed by atoms with E-state index >= 15 is 0 Å². The van der Waals surface area contributed by atoms with Crippen molar-refractivity contribution in [3.8, 4) is 0 Å². The van der Waals surface area contributed by atoms with Gasteiger partial charge in [-0.2, -0.15) is 60.7 Å². The first kappa shape index (κ1) is 36.5. The SMILES string of the molecule is CC(F)(C(F)(F)C(F)(F)F)S(=O)(=O)O.CC(F)(C(F)(F)C(F)(F)F)S(=O)(=O)O.OCCCO. The molecule has 0 radical (unpaired) electrons. The van der Waals surface area contributed by atoms with Crippen molar-refractivity contribution < 1.29 is 88.8 Å². The van der Waals surface area contributed by atoms with Crippen molar-refractivity contribution in [1.82, 2.24) is 0 Å². The average Bonchev–Trinajstić information content (AvgIpc) is 2.52. The molecule has 2 atom stereocenters. The predicted molar refractivity (Wildman–Crippen MR) is 82.9 cm³/mol. The minimum absolute atomic E-state index is 0.0938. The molecule has 4 N–H and O–H groups in total. The molecule has 0 aromatic carbocycles. The van der Waals surface area contributed by atoms with Crippen LogP contribution in [-0.4, -0.2) is 83.6 Å². The van der Waals surface area contributed by atoms with Gasteiger partial charge in [-0.05, 0) is 20.3 Å². The zero-order valence-electron chi connectivity index (χ0n) is 15.9. The molecule has 0 saturated heterocycles. The van der Waals surface area contributed by atoms with Crippen LogP contribution in [0.3, 0.4) is 0 Å². The van der Waals surface area contributed by atoms with Crippen molar-refractivity contribution in [3.63, 3.8) is 0 Å². The van der Waals surface area contributed by atoms with E-state index in [-0.39, 0.29) is 13.2 Å². The second-order valence-electron chi connectivity index (χ2n) is 5.73. The number of halogens is 12. The van der Waals surface area contributed by atoms with Crippen LogP contribution in [0.2, 0.25) is 0 Å². The Kier molecular flexibility index (Phi) is 12.3. The summed E-state index contributed by atoms with van der Waals surface area (Å²) >= 11 is 0. The molecule has 0 aromatic rings. The van der Waals surface area contributed by atoms with Crippen molar-refractivity contribution >= 4 is 20.2 Å². The lowest BCUT2D eigenvalue weighted by atomic mass is 10.2. The van der Waals surface area contributed by atoms with Crippen LogP contribution >= 0.6 is 0 Å². The van der Waals surface area contributed by atoms with Crippen LogP contribution < -0.4 is 0 Å². The molecule has 2 unspecified atom stereocenters. The first-order valence-electron chi connectivity index (χ1n) is 7.34. The third kappa shape index (κ3) is 8.56. The quantitative estimate of drug-likeness (QED) is 0.283. The molecular formula is C11H16F12O8S2. The molecule has 33 heavy (non-hydrogen) atoms. The monoisotopic (exact) mass is 568 g/mol. The van der Waals surface area contributed by atoms with E-state index in [1.54, 1.807) is 0 Å². The predicted octanol–water partition coefficient (Wildman–Crippen LogP) is 2.88. The lowest BCUT2D eigenvalue weighted by Gasteiger charge is -2.28. The molecular weight excluding hydrogens is 552 g/mol. The van der Waals surface area contributed by atoms with Gasteiger partial charge < -0.3 is 10.2 Å². The average molecular weight is 568 g/mol. The summed E-state index contributed by atoms with van der Waals surface area (Å²) in [6, 6.07) is 0. The van der Waals surface area contributed by atoms with Gasteiger partial charge in [-0.3, -0.25) is 9.11 Å². The van der Waals surface area contributed by atoms with Crippen LogP contribution in [-0.2, 0) is 20.2 Å². The highest BCUT2D eigenvalue weighted by atomic mass is 32.2. The Hall–Kier alpha value is -1.10. The molecule has 8 nitrogen and oxygen atoms in total. The van der Waals surface area contributed by atoms with Gasteiger partial charge in [-0.15, -0.1) is 0 Å². The lowest BCUT2D eigenvalue weighted by molar-refractivity contribution is -0.309. The third-order valence-corrected chi connectivity index (χ3v) is 5.57. The fourth-order valence-corrected chi connectivity index (χ4v) is 1.78. The molecule has 0 amide bonds. The summed E-state index contributed by atoms with van der Waals surface area (Å²) in [5.74, 6) is -12.4. The molecule has 0 rings (SSSR count). The van der Waals surface area contributed by atoms with E-state index < -0.39 is 68.3 Å². The number of alkyl halides is 12. The van der Waals surface area contributed by atoms with Crippen LogP contribution in [0.4, 0.5) is 52.7 Å². The largest absolute Gasteiger partial charge is 0.458 e. The summed E-state index contributed by atoms with van der Waals surface area (Å²) in [6.07, 6.45) is -12.3. The normalized spacial score (nSPS) is 17.5. The summed E-state index contributed by atoms with van der Waals surface area (Å²) < 4.78 is 198. The zero-order chi connectivity index (χ0) is 28.1. The Balaban J connectivity index is -0.000000453. The Morgan fingerprint density at radius 3 is 0.758 bits per heavy atom. The maximum Gasteiger partial charge on any atom is 0.458 e. The van der Waals surface area contributed by atoms with Crippen LogP contribution in [0.25, 0.3) is 0 Å². The van der Waals surface area contributed by atoms with E-state index in [0.717, 1.165) is 0 Å². The van der Waals surface area contributed by atoms with Gasteiger partial charge in [0, 0.05) is 13.2 Å². The minimum Gasteiger partial charge on any atom is -0.396 e. The van der Waals surface area contributed by atoms with Crippen molar-refractivity contribution in [3.05, 3.63) is 0 Å². The maximum atomic E-state index is 12.6. The maximum absolute atomic E-state index is 12.6. The zero-order valence-corrected chi connectivity index (χ0v) is 17.5. The van der Waals surface area contributed by atoms with Gasteiger partial charge in [-0.25, -0.2) is 8.78 Å². The fourth-order valence-electron chi connectivity index (χ4n) is 0.901. The molecule has 0 fully saturated rings. The van der Waals surface area contributed by atoms with Gasteiger partial charge >= 0.3 is 54.4 Å². The Labute approximate surface area is 177 Å². The van der Waals surface area contributed by atoms with Crippen LogP contribution in [0.1, 0.15) is 20.3 Å². The number of hydrogen-bond donors (Lipinski definition) is 4. The number of hydrogen-bond acceptors (Lipinski definition) is 6. The van der Waals surface area contributed by atoms with Crippen molar-refractivity contribution in [2.24, 2.45) is 0 Å². The van der Waals surface area contributed by atoms with Gasteiger partial charge in [0.15, 0.2) is 0 Å². The Morgan fingerprint density at radius 1 is 0.545 bits per heavy atom. The number of aliphatic hydroxyl groups is 2. The molecule has 0 aliphatic carbocycles. The van der Waals surface area contributed by atoms with Crippen LogP contribution in [0, 0.1) is 0 Å². The van der Waals surface area contributed by atoms with Crippen molar-refractivity contribution in [1.29, 1.82) is 0 Å². The molecule has 0 aliphatic rings. The molecule has 22 heteroatoms. The van der Waals surface area contributed by atoms with Gasteiger partial charge in [0.25, 0.3) is 0 Å². The first-order chi connectivity index (χ1) is 13.9. The molecule has 0 saturated carbocycles. The molecule has 0 bridgehead atoms. The van der Waals surface area contributed by atoms with E-state index in [0.29, 0.717) is 6.42 Å². The van der Waals surface area contributed by atoms with Crippen molar-refractivity contribution in [2.45, 2.75) is 54.5 Å². The molecule has 0 heterocycles. The lowest BCUT2D eigenvalue weighted by Crippen LogP contribution is -2.56. The first-order valence-corrected chi connectivity index (χ1v) is 10.2. The Bertz CT molecular complexity index is 747.